The number of unbranched alkanes of at least 4 members (excludes halogenated alkanes) is 1. The van der Waals surface area contributed by atoms with Gasteiger partial charge in [0.15, 0.2) is 0 Å². The molecule has 2 aromatic carbocycles. The third-order valence-electron chi connectivity index (χ3n) is 6.12. The molecule has 9 heteroatoms. The number of ether oxygens (including phenoxy) is 2. The van der Waals surface area contributed by atoms with Crippen LogP contribution >= 0.6 is 0 Å². The molecule has 9 nitrogen and oxygen atoms in total. The first kappa shape index (κ1) is 34.9. The van der Waals surface area contributed by atoms with E-state index in [4.69, 9.17) is 15.9 Å². The summed E-state index contributed by atoms with van der Waals surface area (Å²) >= 11 is 0. The minimum atomic E-state index is -1.19. The Labute approximate surface area is 255 Å². The Morgan fingerprint density at radius 2 is 1.51 bits per heavy atom. The number of benzene rings is 2. The topological polar surface area (TPSA) is 114 Å². The number of esters is 1. The van der Waals surface area contributed by atoms with Crippen LogP contribution in [0.15, 0.2) is 54.6 Å². The molecule has 0 aliphatic carbocycles. The van der Waals surface area contributed by atoms with E-state index in [0.29, 0.717) is 17.5 Å². The van der Waals surface area contributed by atoms with E-state index in [9.17, 15) is 19.2 Å². The Hall–Kier alpha value is -4.32. The molecule has 2 N–H and O–H groups in total. The molecule has 0 saturated heterocycles. The lowest BCUT2D eigenvalue weighted by molar-refractivity contribution is -0.159. The molecule has 2 unspecified atom stereocenters. The number of amides is 3. The second-order valence-corrected chi connectivity index (χ2v) is 12.2. The van der Waals surface area contributed by atoms with Crippen molar-refractivity contribution in [1.29, 1.82) is 0 Å². The Bertz CT molecular complexity index is 1290. The zero-order valence-electron chi connectivity index (χ0n) is 26.4. The number of carbonyl (C=O) groups excluding carboxylic acids is 4. The van der Waals surface area contributed by atoms with Crippen LogP contribution in [0.3, 0.4) is 0 Å². The minimum absolute atomic E-state index is 0.175. The Morgan fingerprint density at radius 3 is 2.09 bits per heavy atom. The molecule has 3 amide bonds. The van der Waals surface area contributed by atoms with Crippen LogP contribution in [0.25, 0.3) is 0 Å². The molecular weight excluding hydrogens is 546 g/mol. The molecule has 43 heavy (non-hydrogen) atoms. The number of hydrogen-bond donors (Lipinski definition) is 2. The van der Waals surface area contributed by atoms with Crippen molar-refractivity contribution in [2.45, 2.75) is 91.0 Å². The first-order valence-corrected chi connectivity index (χ1v) is 14.5. The average molecular weight is 592 g/mol. The van der Waals surface area contributed by atoms with Crippen molar-refractivity contribution in [1.82, 2.24) is 15.5 Å². The van der Waals surface area contributed by atoms with Crippen LogP contribution in [0, 0.1) is 12.3 Å². The molecule has 0 bridgehead atoms. The maximum absolute atomic E-state index is 14.2. The summed E-state index contributed by atoms with van der Waals surface area (Å²) in [5, 5.41) is 5.35. The fourth-order valence-corrected chi connectivity index (χ4v) is 4.27. The quantitative estimate of drug-likeness (QED) is 0.267. The van der Waals surface area contributed by atoms with Gasteiger partial charge in [0.1, 0.15) is 29.8 Å². The summed E-state index contributed by atoms with van der Waals surface area (Å²) in [5.74, 6) is 0.888. The number of nitrogens with one attached hydrogen (secondary N) is 2. The van der Waals surface area contributed by atoms with Gasteiger partial charge in [-0.2, -0.15) is 0 Å². The number of nitrogens with zero attached hydrogens (tertiary/aromatic N) is 1. The monoisotopic (exact) mass is 591 g/mol. The summed E-state index contributed by atoms with van der Waals surface area (Å²) in [6.07, 6.45) is 6.55. The first-order chi connectivity index (χ1) is 20.1. The predicted octanol–water partition coefficient (Wildman–Crippen LogP) is 4.93. The van der Waals surface area contributed by atoms with Gasteiger partial charge in [-0.15, -0.1) is 6.42 Å². The van der Waals surface area contributed by atoms with Gasteiger partial charge in [0.25, 0.3) is 0 Å². The van der Waals surface area contributed by atoms with Gasteiger partial charge in [0.05, 0.1) is 0 Å². The Balaban J connectivity index is 2.51. The highest BCUT2D eigenvalue weighted by molar-refractivity contribution is 5.93. The molecule has 2 atom stereocenters. The molecule has 0 saturated carbocycles. The molecule has 2 rings (SSSR count). The molecule has 0 aromatic heterocycles. The molecule has 0 heterocycles. The zero-order chi connectivity index (χ0) is 32.2. The van der Waals surface area contributed by atoms with Crippen LogP contribution < -0.4 is 10.6 Å². The normalized spacial score (nSPS) is 12.7. The van der Waals surface area contributed by atoms with Crippen LogP contribution in [0.5, 0.6) is 0 Å². The van der Waals surface area contributed by atoms with Crippen molar-refractivity contribution in [2.24, 2.45) is 0 Å². The number of alkyl carbamates (subject to hydrolysis) is 1. The Morgan fingerprint density at radius 1 is 0.907 bits per heavy atom. The van der Waals surface area contributed by atoms with Crippen molar-refractivity contribution >= 4 is 23.9 Å². The van der Waals surface area contributed by atoms with Crippen LogP contribution in [0.1, 0.15) is 84.0 Å². The highest BCUT2D eigenvalue weighted by Gasteiger charge is 2.36. The molecule has 0 aliphatic heterocycles. The molecule has 0 radical (unpaired) electrons. The number of terminal acetylenes is 1. The number of rotatable bonds is 12. The van der Waals surface area contributed by atoms with E-state index in [1.165, 1.54) is 4.90 Å². The highest BCUT2D eigenvalue weighted by atomic mass is 16.6. The van der Waals surface area contributed by atoms with E-state index in [1.807, 2.05) is 37.3 Å². The Kier molecular flexibility index (Phi) is 12.8. The standard InChI is InChI=1S/C34H45N3O6/c1-9-11-21-37(28(38)23-35-32(41)43-34(6,7)8)29(26-20-16-15-19-25(26)10-2)30(39)36-27(31(40)42-33(3,4)5)22-24-17-13-12-14-18-24/h2,12-20,27,29H,9,11,21-23H2,1,3-8H3,(H,35,41)(H,36,39). The van der Waals surface area contributed by atoms with Crippen LogP contribution in [-0.2, 0) is 30.3 Å². The van der Waals surface area contributed by atoms with E-state index in [0.717, 1.165) is 12.0 Å². The van der Waals surface area contributed by atoms with E-state index in [1.54, 1.807) is 65.8 Å². The number of carbonyl (C=O) groups is 4. The maximum Gasteiger partial charge on any atom is 0.408 e. The summed E-state index contributed by atoms with van der Waals surface area (Å²) in [7, 11) is 0. The van der Waals surface area contributed by atoms with Gasteiger partial charge in [-0.3, -0.25) is 9.59 Å². The molecular formula is C34H45N3O6. The summed E-state index contributed by atoms with van der Waals surface area (Å²) in [4.78, 5) is 54.9. The number of hydrogen-bond acceptors (Lipinski definition) is 6. The highest BCUT2D eigenvalue weighted by Crippen LogP contribution is 2.26. The second kappa shape index (κ2) is 15.8. The third kappa shape index (κ3) is 11.8. The van der Waals surface area contributed by atoms with Gasteiger partial charge in [-0.05, 0) is 65.2 Å². The molecule has 0 spiro atoms. The van der Waals surface area contributed by atoms with Crippen LogP contribution in [0.2, 0.25) is 0 Å². The van der Waals surface area contributed by atoms with Gasteiger partial charge < -0.3 is 25.0 Å². The van der Waals surface area contributed by atoms with Gasteiger partial charge in [-0.25, -0.2) is 9.59 Å². The van der Waals surface area contributed by atoms with Gasteiger partial charge in [0, 0.05) is 18.5 Å². The summed E-state index contributed by atoms with van der Waals surface area (Å²) in [6, 6.07) is 13.9. The van der Waals surface area contributed by atoms with E-state index in [-0.39, 0.29) is 13.0 Å². The second-order valence-electron chi connectivity index (χ2n) is 12.2. The van der Waals surface area contributed by atoms with Crippen molar-refractivity contribution < 1.29 is 28.7 Å². The van der Waals surface area contributed by atoms with Crippen molar-refractivity contribution in [3.05, 3.63) is 71.3 Å². The van der Waals surface area contributed by atoms with Crippen LogP contribution in [-0.4, -0.2) is 59.1 Å². The summed E-state index contributed by atoms with van der Waals surface area (Å²) in [5.41, 5.74) is 0.127. The van der Waals surface area contributed by atoms with Crippen LogP contribution in [0.4, 0.5) is 4.79 Å². The first-order valence-electron chi connectivity index (χ1n) is 14.5. The van der Waals surface area contributed by atoms with Crippen molar-refractivity contribution in [2.75, 3.05) is 13.1 Å². The molecule has 2 aromatic rings. The van der Waals surface area contributed by atoms with Gasteiger partial charge >= 0.3 is 12.1 Å². The summed E-state index contributed by atoms with van der Waals surface area (Å²) in [6.45, 7) is 12.2. The largest absolute Gasteiger partial charge is 0.458 e. The lowest BCUT2D eigenvalue weighted by Crippen LogP contribution is -2.52. The maximum atomic E-state index is 14.2. The molecule has 0 fully saturated rings. The fraction of sp³-hybridized carbons (Fsp3) is 0.471. The summed E-state index contributed by atoms with van der Waals surface area (Å²) < 4.78 is 10.9. The smallest absolute Gasteiger partial charge is 0.408 e. The van der Waals surface area contributed by atoms with Gasteiger partial charge in [-0.1, -0.05) is 67.8 Å². The third-order valence-corrected chi connectivity index (χ3v) is 6.12. The lowest BCUT2D eigenvalue weighted by Gasteiger charge is -2.33. The van der Waals surface area contributed by atoms with Crippen molar-refractivity contribution in [3.8, 4) is 12.3 Å². The van der Waals surface area contributed by atoms with E-state index >= 15 is 0 Å². The SMILES string of the molecule is C#Cc1ccccc1C(C(=O)NC(Cc1ccccc1)C(=O)OC(C)(C)C)N(CCCC)C(=O)CNC(=O)OC(C)(C)C. The molecule has 0 aliphatic rings. The fourth-order valence-electron chi connectivity index (χ4n) is 4.27. The molecule has 232 valence electrons. The zero-order valence-corrected chi connectivity index (χ0v) is 26.4. The van der Waals surface area contributed by atoms with Crippen molar-refractivity contribution in [3.63, 3.8) is 0 Å². The minimum Gasteiger partial charge on any atom is -0.458 e. The predicted molar refractivity (Wildman–Crippen MR) is 166 cm³/mol. The average Bonchev–Trinajstić information content (AvgIpc) is 2.92. The lowest BCUT2D eigenvalue weighted by atomic mass is 9.97. The van der Waals surface area contributed by atoms with E-state index in [2.05, 4.69) is 16.6 Å². The van der Waals surface area contributed by atoms with E-state index < -0.39 is 53.7 Å². The van der Waals surface area contributed by atoms with Gasteiger partial charge in [0.2, 0.25) is 11.8 Å².